The summed E-state index contributed by atoms with van der Waals surface area (Å²) < 4.78 is 6.09. The predicted octanol–water partition coefficient (Wildman–Crippen LogP) is 4.47. The summed E-state index contributed by atoms with van der Waals surface area (Å²) >= 11 is 2.24. The van der Waals surface area contributed by atoms with Gasteiger partial charge in [0.25, 0.3) is 0 Å². The van der Waals surface area contributed by atoms with E-state index in [2.05, 4.69) is 35.6 Å². The highest BCUT2D eigenvalue weighted by molar-refractivity contribution is 14.1. The Morgan fingerprint density at radius 3 is 2.56 bits per heavy atom. The van der Waals surface area contributed by atoms with Crippen LogP contribution in [-0.2, 0) is 9.53 Å². The summed E-state index contributed by atoms with van der Waals surface area (Å²) in [5.41, 5.74) is 0. The number of halogens is 1. The Morgan fingerprint density at radius 2 is 2.00 bits per heavy atom. The summed E-state index contributed by atoms with van der Waals surface area (Å²) in [5.74, 6) is -0.219. The van der Waals surface area contributed by atoms with Crippen molar-refractivity contribution in [3.05, 3.63) is 9.66 Å². The molecule has 0 saturated carbocycles. The summed E-state index contributed by atoms with van der Waals surface area (Å²) in [6.07, 6.45) is 8.30. The average Bonchev–Trinajstić information content (AvgIpc) is 2.27. The quantitative estimate of drug-likeness (QED) is 0.371. The van der Waals surface area contributed by atoms with E-state index in [-0.39, 0.29) is 11.9 Å². The van der Waals surface area contributed by atoms with Crippen LogP contribution in [0.3, 0.4) is 0 Å². The molecule has 0 aromatic carbocycles. The lowest BCUT2D eigenvalue weighted by molar-refractivity contribution is -0.145. The second kappa shape index (κ2) is 10.1. The molecule has 1 atom stereocenters. The summed E-state index contributed by atoms with van der Waals surface area (Å²) in [6, 6.07) is 0. The van der Waals surface area contributed by atoms with Crippen molar-refractivity contribution in [2.24, 2.45) is 5.92 Å². The number of esters is 1. The Balaban J connectivity index is 3.87. The van der Waals surface area contributed by atoms with Gasteiger partial charge in [-0.15, -0.1) is 0 Å². The maximum atomic E-state index is 11.5. The SMILES string of the molecule is CCCCCC/C=C(\I)C(C)C(=O)OCC. The Kier molecular flexibility index (Phi) is 10.1. The van der Waals surface area contributed by atoms with E-state index in [1.807, 2.05) is 13.8 Å². The van der Waals surface area contributed by atoms with Gasteiger partial charge in [-0.05, 0) is 49.3 Å². The van der Waals surface area contributed by atoms with Gasteiger partial charge in [0.15, 0.2) is 0 Å². The molecule has 1 unspecified atom stereocenters. The van der Waals surface area contributed by atoms with E-state index in [1.165, 1.54) is 25.7 Å². The minimum Gasteiger partial charge on any atom is -0.466 e. The molecule has 0 radical (unpaired) electrons. The molecule has 0 aromatic rings. The number of unbranched alkanes of at least 4 members (excludes halogenated alkanes) is 4. The lowest BCUT2D eigenvalue weighted by atomic mass is 10.1. The van der Waals surface area contributed by atoms with Gasteiger partial charge in [0, 0.05) is 3.58 Å². The fourth-order valence-corrected chi connectivity index (χ4v) is 1.93. The van der Waals surface area contributed by atoms with Gasteiger partial charge < -0.3 is 4.74 Å². The molecule has 0 amide bonds. The highest BCUT2D eigenvalue weighted by atomic mass is 127. The number of hydrogen-bond acceptors (Lipinski definition) is 2. The zero-order valence-corrected chi connectivity index (χ0v) is 12.7. The minimum absolute atomic E-state index is 0.105. The average molecular weight is 338 g/mol. The molecule has 0 aliphatic rings. The van der Waals surface area contributed by atoms with Crippen LogP contribution in [0.4, 0.5) is 0 Å². The van der Waals surface area contributed by atoms with Crippen molar-refractivity contribution in [1.29, 1.82) is 0 Å². The number of allylic oxidation sites excluding steroid dienone is 1. The van der Waals surface area contributed by atoms with Gasteiger partial charge in [-0.1, -0.05) is 32.3 Å². The lowest BCUT2D eigenvalue weighted by Crippen LogP contribution is -2.14. The highest BCUT2D eigenvalue weighted by Crippen LogP contribution is 2.21. The van der Waals surface area contributed by atoms with Crippen molar-refractivity contribution < 1.29 is 9.53 Å². The van der Waals surface area contributed by atoms with Crippen molar-refractivity contribution in [3.8, 4) is 0 Å². The first-order valence-corrected chi connectivity index (χ1v) is 7.23. The van der Waals surface area contributed by atoms with E-state index in [0.29, 0.717) is 6.61 Å². The Hall–Kier alpha value is -0.0600. The van der Waals surface area contributed by atoms with Crippen molar-refractivity contribution >= 4 is 28.6 Å². The van der Waals surface area contributed by atoms with Gasteiger partial charge in [0.1, 0.15) is 0 Å². The van der Waals surface area contributed by atoms with E-state index >= 15 is 0 Å². The second-order valence-corrected chi connectivity index (χ2v) is 5.16. The summed E-state index contributed by atoms with van der Waals surface area (Å²) in [7, 11) is 0. The normalized spacial score (nSPS) is 13.6. The van der Waals surface area contributed by atoms with E-state index in [9.17, 15) is 4.79 Å². The van der Waals surface area contributed by atoms with E-state index in [4.69, 9.17) is 4.74 Å². The fraction of sp³-hybridized carbons (Fsp3) is 0.769. The van der Waals surface area contributed by atoms with Gasteiger partial charge in [0.2, 0.25) is 0 Å². The van der Waals surface area contributed by atoms with E-state index in [1.54, 1.807) is 0 Å². The molecular weight excluding hydrogens is 315 g/mol. The third-order valence-electron chi connectivity index (χ3n) is 2.45. The molecule has 0 spiro atoms. The van der Waals surface area contributed by atoms with Crippen molar-refractivity contribution in [1.82, 2.24) is 0 Å². The number of rotatable bonds is 8. The fourth-order valence-electron chi connectivity index (χ4n) is 1.37. The van der Waals surface area contributed by atoms with Gasteiger partial charge >= 0.3 is 5.97 Å². The Labute approximate surface area is 113 Å². The Bertz CT molecular complexity index is 224. The molecule has 16 heavy (non-hydrogen) atoms. The third kappa shape index (κ3) is 7.25. The van der Waals surface area contributed by atoms with Crippen molar-refractivity contribution in [2.45, 2.75) is 52.9 Å². The summed E-state index contributed by atoms with van der Waals surface area (Å²) in [6.45, 7) is 6.42. The van der Waals surface area contributed by atoms with Gasteiger partial charge in [-0.25, -0.2) is 0 Å². The molecule has 3 heteroatoms. The van der Waals surface area contributed by atoms with Crippen LogP contribution in [0.2, 0.25) is 0 Å². The first-order chi connectivity index (χ1) is 7.63. The molecule has 94 valence electrons. The highest BCUT2D eigenvalue weighted by Gasteiger charge is 2.16. The molecule has 0 heterocycles. The van der Waals surface area contributed by atoms with Crippen LogP contribution in [0.5, 0.6) is 0 Å². The molecule has 0 N–H and O–H groups in total. The van der Waals surface area contributed by atoms with Crippen LogP contribution < -0.4 is 0 Å². The number of carbonyl (C=O) groups excluding carboxylic acids is 1. The molecule has 0 fully saturated rings. The van der Waals surface area contributed by atoms with E-state index in [0.717, 1.165) is 10.0 Å². The zero-order chi connectivity index (χ0) is 12.4. The molecule has 0 aliphatic heterocycles. The van der Waals surface area contributed by atoms with Crippen molar-refractivity contribution in [2.75, 3.05) is 6.61 Å². The van der Waals surface area contributed by atoms with Crippen LogP contribution >= 0.6 is 22.6 Å². The van der Waals surface area contributed by atoms with Crippen LogP contribution in [0.1, 0.15) is 52.9 Å². The number of ether oxygens (including phenoxy) is 1. The smallest absolute Gasteiger partial charge is 0.313 e. The molecule has 0 aromatic heterocycles. The number of carbonyl (C=O) groups is 1. The first kappa shape index (κ1) is 15.9. The van der Waals surface area contributed by atoms with Gasteiger partial charge in [-0.3, -0.25) is 4.79 Å². The molecule has 0 aliphatic carbocycles. The maximum Gasteiger partial charge on any atom is 0.313 e. The van der Waals surface area contributed by atoms with E-state index < -0.39 is 0 Å². The van der Waals surface area contributed by atoms with Gasteiger partial charge in [0.05, 0.1) is 12.5 Å². The monoisotopic (exact) mass is 338 g/mol. The van der Waals surface area contributed by atoms with Gasteiger partial charge in [-0.2, -0.15) is 0 Å². The third-order valence-corrected chi connectivity index (χ3v) is 3.83. The molecule has 0 saturated heterocycles. The minimum atomic E-state index is -0.114. The standard InChI is InChI=1S/C13H23IO2/c1-4-6-7-8-9-10-12(14)11(3)13(15)16-5-2/h10-11H,4-9H2,1-3H3/b12-10-. The van der Waals surface area contributed by atoms with Crippen LogP contribution in [0.15, 0.2) is 9.66 Å². The van der Waals surface area contributed by atoms with Crippen LogP contribution in [0.25, 0.3) is 0 Å². The topological polar surface area (TPSA) is 26.3 Å². The molecular formula is C13H23IO2. The summed E-state index contributed by atoms with van der Waals surface area (Å²) in [4.78, 5) is 11.5. The molecule has 0 bridgehead atoms. The van der Waals surface area contributed by atoms with Crippen molar-refractivity contribution in [3.63, 3.8) is 0 Å². The number of hydrogen-bond donors (Lipinski definition) is 0. The van der Waals surface area contributed by atoms with Crippen LogP contribution in [0, 0.1) is 5.92 Å². The molecule has 2 nitrogen and oxygen atoms in total. The zero-order valence-electron chi connectivity index (χ0n) is 10.6. The molecule has 0 rings (SSSR count). The predicted molar refractivity (Wildman–Crippen MR) is 76.7 cm³/mol. The maximum absolute atomic E-state index is 11.5. The Morgan fingerprint density at radius 1 is 1.31 bits per heavy atom. The lowest BCUT2D eigenvalue weighted by Gasteiger charge is -2.09. The second-order valence-electron chi connectivity index (χ2n) is 3.91. The first-order valence-electron chi connectivity index (χ1n) is 6.15. The largest absolute Gasteiger partial charge is 0.466 e. The summed E-state index contributed by atoms with van der Waals surface area (Å²) in [5, 5.41) is 0. The van der Waals surface area contributed by atoms with Crippen LogP contribution in [-0.4, -0.2) is 12.6 Å².